The number of carbonyl (C=O) groups excluding carboxylic acids is 3. The minimum absolute atomic E-state index is 0.0705. The van der Waals surface area contributed by atoms with Crippen LogP contribution in [-0.2, 0) is 27.2 Å². The standard InChI is InChI=1S/C33H50N4O5/c1-23(2)29(31(40)34-18-19-37(6)7)36-30(39)26(20-24-14-10-8-11-15-24)22-28(38)27(21-25-16-12-9-13-17-25)35-32(41)42-33(3,4)5/h8-17,23,26-29,38H,18-22H2,1-7H3,(H,34,40)(H,35,41)(H,36,39)/t26-,27-,28-,29-/m0/s1. The lowest BCUT2D eigenvalue weighted by Gasteiger charge is -2.30. The molecule has 0 aliphatic carbocycles. The lowest BCUT2D eigenvalue weighted by molar-refractivity contribution is -0.132. The van der Waals surface area contributed by atoms with Crippen molar-refractivity contribution in [3.05, 3.63) is 71.8 Å². The molecule has 9 nitrogen and oxygen atoms in total. The normalized spacial score (nSPS) is 14.5. The molecule has 0 heterocycles. The molecule has 3 amide bonds. The van der Waals surface area contributed by atoms with Crippen LogP contribution in [0.4, 0.5) is 4.79 Å². The highest BCUT2D eigenvalue weighted by molar-refractivity contribution is 5.88. The summed E-state index contributed by atoms with van der Waals surface area (Å²) in [6.45, 7) is 10.2. The molecule has 0 aromatic heterocycles. The zero-order chi connectivity index (χ0) is 31.3. The Bertz CT molecular complexity index is 1100. The van der Waals surface area contributed by atoms with Crippen LogP contribution in [0.1, 0.15) is 52.2 Å². The van der Waals surface area contributed by atoms with E-state index in [1.54, 1.807) is 20.8 Å². The lowest BCUT2D eigenvalue weighted by atomic mass is 9.88. The first-order valence-electron chi connectivity index (χ1n) is 14.7. The van der Waals surface area contributed by atoms with Crippen molar-refractivity contribution in [3.8, 4) is 0 Å². The minimum atomic E-state index is -1.07. The average Bonchev–Trinajstić information content (AvgIpc) is 2.90. The van der Waals surface area contributed by atoms with Crippen molar-refractivity contribution in [3.63, 3.8) is 0 Å². The highest BCUT2D eigenvalue weighted by Gasteiger charge is 2.32. The monoisotopic (exact) mass is 582 g/mol. The van der Waals surface area contributed by atoms with Crippen LogP contribution in [0.25, 0.3) is 0 Å². The molecule has 0 fully saturated rings. The molecule has 2 aromatic carbocycles. The zero-order valence-corrected chi connectivity index (χ0v) is 26.2. The molecule has 42 heavy (non-hydrogen) atoms. The number of nitrogens with zero attached hydrogens (tertiary/aromatic N) is 1. The molecule has 9 heteroatoms. The maximum atomic E-state index is 13.8. The van der Waals surface area contributed by atoms with Gasteiger partial charge in [-0.1, -0.05) is 74.5 Å². The summed E-state index contributed by atoms with van der Waals surface area (Å²) in [6.07, 6.45) is -0.920. The Hall–Kier alpha value is -3.43. The molecule has 0 radical (unpaired) electrons. The molecule has 0 saturated carbocycles. The van der Waals surface area contributed by atoms with Gasteiger partial charge >= 0.3 is 6.09 Å². The van der Waals surface area contributed by atoms with Crippen LogP contribution < -0.4 is 16.0 Å². The summed E-state index contributed by atoms with van der Waals surface area (Å²) in [5, 5.41) is 20.2. The summed E-state index contributed by atoms with van der Waals surface area (Å²) in [6, 6.07) is 17.7. The lowest BCUT2D eigenvalue weighted by Crippen LogP contribution is -2.53. The zero-order valence-electron chi connectivity index (χ0n) is 26.2. The number of rotatable bonds is 15. The molecule has 2 rings (SSSR count). The fraction of sp³-hybridized carbons (Fsp3) is 0.545. The van der Waals surface area contributed by atoms with Crippen LogP contribution in [0.15, 0.2) is 60.7 Å². The Balaban J connectivity index is 2.27. The SMILES string of the molecule is CC(C)[C@H](NC(=O)[C@@H](Cc1ccccc1)C[C@H](O)[C@H](Cc1ccccc1)NC(=O)OC(C)(C)C)C(=O)NCCN(C)C. The van der Waals surface area contributed by atoms with Gasteiger partial charge in [-0.2, -0.15) is 0 Å². The molecule has 0 aliphatic heterocycles. The Kier molecular flexibility index (Phi) is 14.0. The van der Waals surface area contributed by atoms with Gasteiger partial charge in [-0.05, 0) is 71.2 Å². The van der Waals surface area contributed by atoms with E-state index in [0.717, 1.165) is 11.1 Å². The molecule has 0 spiro atoms. The number of nitrogens with one attached hydrogen (secondary N) is 3. The van der Waals surface area contributed by atoms with Crippen molar-refractivity contribution in [2.24, 2.45) is 11.8 Å². The minimum Gasteiger partial charge on any atom is -0.444 e. The number of benzene rings is 2. The van der Waals surface area contributed by atoms with Crippen LogP contribution in [0, 0.1) is 11.8 Å². The highest BCUT2D eigenvalue weighted by atomic mass is 16.6. The first-order chi connectivity index (χ1) is 19.7. The Morgan fingerprint density at radius 2 is 1.40 bits per heavy atom. The van der Waals surface area contributed by atoms with Crippen LogP contribution in [0.2, 0.25) is 0 Å². The van der Waals surface area contributed by atoms with Gasteiger partial charge in [0.05, 0.1) is 12.1 Å². The van der Waals surface area contributed by atoms with Crippen LogP contribution in [0.5, 0.6) is 0 Å². The number of amides is 3. The van der Waals surface area contributed by atoms with E-state index in [0.29, 0.717) is 25.9 Å². The number of carbonyl (C=O) groups is 3. The van der Waals surface area contributed by atoms with Crippen LogP contribution in [-0.4, -0.2) is 78.9 Å². The number of likely N-dealkylation sites (N-methyl/N-ethyl adjacent to an activating group) is 1. The van der Waals surface area contributed by atoms with Gasteiger partial charge in [0.15, 0.2) is 0 Å². The Labute approximate surface area is 251 Å². The number of ether oxygens (including phenoxy) is 1. The predicted molar refractivity (Wildman–Crippen MR) is 166 cm³/mol. The molecule has 4 N–H and O–H groups in total. The molecule has 0 unspecified atom stereocenters. The third kappa shape index (κ3) is 13.0. The maximum Gasteiger partial charge on any atom is 0.407 e. The summed E-state index contributed by atoms with van der Waals surface area (Å²) >= 11 is 0. The van der Waals surface area contributed by atoms with Crippen molar-refractivity contribution in [1.29, 1.82) is 0 Å². The number of aliphatic hydroxyl groups excluding tert-OH is 1. The van der Waals surface area contributed by atoms with E-state index in [4.69, 9.17) is 4.74 Å². The fourth-order valence-electron chi connectivity index (χ4n) is 4.57. The first-order valence-corrected chi connectivity index (χ1v) is 14.7. The molecule has 0 bridgehead atoms. The van der Waals surface area contributed by atoms with Gasteiger partial charge in [0, 0.05) is 19.0 Å². The largest absolute Gasteiger partial charge is 0.444 e. The summed E-state index contributed by atoms with van der Waals surface area (Å²) in [4.78, 5) is 41.4. The van der Waals surface area contributed by atoms with E-state index in [-0.39, 0.29) is 24.2 Å². The van der Waals surface area contributed by atoms with Crippen molar-refractivity contribution in [2.45, 2.75) is 77.7 Å². The van der Waals surface area contributed by atoms with Crippen molar-refractivity contribution in [2.75, 3.05) is 27.2 Å². The summed E-state index contributed by atoms with van der Waals surface area (Å²) in [5.74, 6) is -1.37. The molecule has 2 aromatic rings. The molecular formula is C33H50N4O5. The van der Waals surface area contributed by atoms with Crippen LogP contribution in [0.3, 0.4) is 0 Å². The maximum absolute atomic E-state index is 13.8. The molecule has 0 saturated heterocycles. The second-order valence-electron chi connectivity index (χ2n) is 12.5. The number of hydrogen-bond acceptors (Lipinski definition) is 6. The summed E-state index contributed by atoms with van der Waals surface area (Å²) in [7, 11) is 3.85. The number of alkyl carbamates (subject to hydrolysis) is 1. The average molecular weight is 583 g/mol. The molecular weight excluding hydrogens is 532 g/mol. The Morgan fingerprint density at radius 3 is 1.90 bits per heavy atom. The number of aliphatic hydroxyl groups is 1. The van der Waals surface area contributed by atoms with Gasteiger partial charge in [0.2, 0.25) is 11.8 Å². The van der Waals surface area contributed by atoms with Crippen LogP contribution >= 0.6 is 0 Å². The smallest absolute Gasteiger partial charge is 0.407 e. The van der Waals surface area contributed by atoms with E-state index < -0.39 is 35.8 Å². The third-order valence-corrected chi connectivity index (χ3v) is 6.79. The van der Waals surface area contributed by atoms with Gasteiger partial charge in [-0.3, -0.25) is 9.59 Å². The first kappa shape index (κ1) is 34.8. The van der Waals surface area contributed by atoms with E-state index in [9.17, 15) is 19.5 Å². The van der Waals surface area contributed by atoms with Gasteiger partial charge in [0.1, 0.15) is 11.6 Å². The van der Waals surface area contributed by atoms with Crippen molar-refractivity contribution < 1.29 is 24.2 Å². The van der Waals surface area contributed by atoms with Gasteiger partial charge < -0.3 is 30.7 Å². The van der Waals surface area contributed by atoms with Gasteiger partial charge in [-0.15, -0.1) is 0 Å². The summed E-state index contributed by atoms with van der Waals surface area (Å²) in [5.41, 5.74) is 1.15. The topological polar surface area (TPSA) is 120 Å². The van der Waals surface area contributed by atoms with E-state index in [1.807, 2.05) is 93.5 Å². The number of hydrogen-bond donors (Lipinski definition) is 4. The van der Waals surface area contributed by atoms with Crippen molar-refractivity contribution in [1.82, 2.24) is 20.9 Å². The predicted octanol–water partition coefficient (Wildman–Crippen LogP) is 3.55. The van der Waals surface area contributed by atoms with Crippen molar-refractivity contribution >= 4 is 17.9 Å². The summed E-state index contributed by atoms with van der Waals surface area (Å²) < 4.78 is 5.47. The van der Waals surface area contributed by atoms with E-state index >= 15 is 0 Å². The van der Waals surface area contributed by atoms with Gasteiger partial charge in [0.25, 0.3) is 0 Å². The second kappa shape index (κ2) is 16.9. The molecule has 4 atom stereocenters. The van der Waals surface area contributed by atoms with E-state index in [2.05, 4.69) is 16.0 Å². The third-order valence-electron chi connectivity index (χ3n) is 6.79. The Morgan fingerprint density at radius 1 is 0.857 bits per heavy atom. The fourth-order valence-corrected chi connectivity index (χ4v) is 4.57. The second-order valence-corrected chi connectivity index (χ2v) is 12.5. The highest BCUT2D eigenvalue weighted by Crippen LogP contribution is 2.20. The quantitative estimate of drug-likeness (QED) is 0.255. The van der Waals surface area contributed by atoms with E-state index in [1.165, 1.54) is 0 Å². The molecule has 0 aliphatic rings. The van der Waals surface area contributed by atoms with Gasteiger partial charge in [-0.25, -0.2) is 4.79 Å². The molecule has 232 valence electrons.